The third-order valence-electron chi connectivity index (χ3n) is 9.53. The Labute approximate surface area is 292 Å². The maximum absolute atomic E-state index is 13.1. The monoisotopic (exact) mass is 659 g/mol. The topological polar surface area (TPSA) is 71.4 Å². The number of rotatable bonds is 38. The van der Waals surface area contributed by atoms with Crippen LogP contribution < -0.4 is 0 Å². The van der Waals surface area contributed by atoms with Gasteiger partial charge in [0.15, 0.2) is 0 Å². The zero-order valence-corrected chi connectivity index (χ0v) is 31.4. The summed E-state index contributed by atoms with van der Waals surface area (Å²) in [5.74, 6) is -0.586. The third kappa shape index (κ3) is 35.4. The van der Waals surface area contributed by atoms with E-state index in [0.29, 0.717) is 38.5 Å². The molecule has 4 nitrogen and oxygen atoms in total. The summed E-state index contributed by atoms with van der Waals surface area (Å²) in [5, 5.41) is 8.97. The Bertz CT molecular complexity index is 768. The van der Waals surface area contributed by atoms with Crippen molar-refractivity contribution in [3.63, 3.8) is 0 Å². The van der Waals surface area contributed by atoms with Crippen LogP contribution >= 0.6 is 0 Å². The maximum atomic E-state index is 13.1. The lowest BCUT2D eigenvalue weighted by molar-refractivity contribution is -0.137. The average molecular weight is 659 g/mol. The Hall–Kier alpha value is -1.71. The van der Waals surface area contributed by atoms with Gasteiger partial charge in [0.2, 0.25) is 0 Å². The summed E-state index contributed by atoms with van der Waals surface area (Å²) in [6, 6.07) is 0. The van der Waals surface area contributed by atoms with Gasteiger partial charge in [0, 0.05) is 31.6 Å². The highest BCUT2D eigenvalue weighted by Crippen LogP contribution is 2.21. The van der Waals surface area contributed by atoms with E-state index in [2.05, 4.69) is 38.2 Å². The number of carbonyl (C=O) groups excluding carboxylic acids is 2. The van der Waals surface area contributed by atoms with E-state index in [9.17, 15) is 14.4 Å². The molecule has 4 heteroatoms. The second kappa shape index (κ2) is 37.1. The van der Waals surface area contributed by atoms with Crippen LogP contribution in [-0.2, 0) is 14.4 Å². The molecule has 1 atom stereocenters. The van der Waals surface area contributed by atoms with Crippen LogP contribution in [0.5, 0.6) is 0 Å². The third-order valence-corrected chi connectivity index (χ3v) is 9.53. The molecule has 0 aromatic heterocycles. The first kappa shape index (κ1) is 45.3. The van der Waals surface area contributed by atoms with Crippen molar-refractivity contribution in [2.45, 2.75) is 226 Å². The van der Waals surface area contributed by atoms with Crippen molar-refractivity contribution in [2.24, 2.45) is 5.92 Å². The Balaban J connectivity index is 4.05. The first-order valence-electron chi connectivity index (χ1n) is 20.6. The highest BCUT2D eigenvalue weighted by molar-refractivity contribution is 5.87. The molecule has 0 radical (unpaired) electrons. The lowest BCUT2D eigenvalue weighted by Crippen LogP contribution is -2.19. The predicted octanol–water partition coefficient (Wildman–Crippen LogP) is 13.9. The van der Waals surface area contributed by atoms with Crippen LogP contribution in [0.25, 0.3) is 0 Å². The molecule has 0 fully saturated rings. The van der Waals surface area contributed by atoms with Gasteiger partial charge in [-0.25, -0.2) is 0 Å². The van der Waals surface area contributed by atoms with Crippen molar-refractivity contribution < 1.29 is 19.5 Å². The second-order valence-corrected chi connectivity index (χ2v) is 14.2. The van der Waals surface area contributed by atoms with E-state index >= 15 is 0 Å². The van der Waals surface area contributed by atoms with Crippen molar-refractivity contribution in [2.75, 3.05) is 0 Å². The van der Waals surface area contributed by atoms with Crippen molar-refractivity contribution in [1.82, 2.24) is 0 Å². The van der Waals surface area contributed by atoms with Gasteiger partial charge in [-0.2, -0.15) is 0 Å². The molecule has 0 aliphatic heterocycles. The number of hydrogen-bond acceptors (Lipinski definition) is 3. The molecule has 0 aromatic carbocycles. The fourth-order valence-corrected chi connectivity index (χ4v) is 6.39. The number of Topliss-reactive ketones (excluding diaryl/α,β-unsaturated/α-hetero) is 2. The van der Waals surface area contributed by atoms with E-state index in [4.69, 9.17) is 5.11 Å². The van der Waals surface area contributed by atoms with Crippen LogP contribution in [0.1, 0.15) is 226 Å². The normalized spacial score (nSPS) is 12.4. The van der Waals surface area contributed by atoms with Crippen molar-refractivity contribution in [1.29, 1.82) is 0 Å². The minimum Gasteiger partial charge on any atom is -0.481 e. The first-order valence-corrected chi connectivity index (χ1v) is 20.6. The zero-order valence-electron chi connectivity index (χ0n) is 31.4. The number of hydrogen-bond donors (Lipinski definition) is 1. The van der Waals surface area contributed by atoms with Gasteiger partial charge in [0.25, 0.3) is 0 Å². The van der Waals surface area contributed by atoms with E-state index in [1.54, 1.807) is 0 Å². The van der Waals surface area contributed by atoms with E-state index in [1.165, 1.54) is 122 Å². The molecule has 0 rings (SSSR count). The van der Waals surface area contributed by atoms with Gasteiger partial charge in [-0.15, -0.1) is 0 Å². The highest BCUT2D eigenvalue weighted by Gasteiger charge is 2.21. The van der Waals surface area contributed by atoms with Gasteiger partial charge in [-0.05, 0) is 77.0 Å². The van der Waals surface area contributed by atoms with Crippen LogP contribution in [0, 0.1) is 5.92 Å². The van der Waals surface area contributed by atoms with Crippen LogP contribution in [0.4, 0.5) is 0 Å². The van der Waals surface area contributed by atoms with E-state index in [1.807, 2.05) is 0 Å². The van der Waals surface area contributed by atoms with E-state index in [-0.39, 0.29) is 23.9 Å². The molecule has 0 heterocycles. The lowest BCUT2D eigenvalue weighted by atomic mass is 9.88. The van der Waals surface area contributed by atoms with Gasteiger partial charge in [-0.3, -0.25) is 14.4 Å². The smallest absolute Gasteiger partial charge is 0.303 e. The Morgan fingerprint density at radius 3 is 1.23 bits per heavy atom. The first-order chi connectivity index (χ1) is 23.0. The molecule has 0 aliphatic rings. The molecular formula is C43H78O4. The molecule has 0 bridgehead atoms. The minimum absolute atomic E-state index is 0.137. The molecular weight excluding hydrogens is 580 g/mol. The molecule has 0 aromatic rings. The molecule has 0 amide bonds. The molecule has 0 saturated heterocycles. The Morgan fingerprint density at radius 2 is 0.809 bits per heavy atom. The molecule has 1 unspecified atom stereocenters. The average Bonchev–Trinajstić information content (AvgIpc) is 3.05. The summed E-state index contributed by atoms with van der Waals surface area (Å²) in [4.78, 5) is 36.8. The minimum atomic E-state index is -0.790. The molecule has 1 N–H and O–H groups in total. The van der Waals surface area contributed by atoms with Crippen LogP contribution in [0.2, 0.25) is 0 Å². The standard InChI is InChI=1S/C43H78O4/c1-3-5-7-9-11-13-15-17-19-21-23-25-27-29-31-36-41(44)39-40(35-33-34-38-43(46)47)42(45)37-32-30-28-26-24-22-20-18-16-14-12-10-8-6-4-2/h17-20,40H,3-16,21-39H2,1-2H3,(H,46,47)/b19-17-,20-18-. The summed E-state index contributed by atoms with van der Waals surface area (Å²) in [6.07, 6.45) is 45.2. The summed E-state index contributed by atoms with van der Waals surface area (Å²) < 4.78 is 0. The summed E-state index contributed by atoms with van der Waals surface area (Å²) in [7, 11) is 0. The van der Waals surface area contributed by atoms with Gasteiger partial charge in [-0.1, -0.05) is 147 Å². The predicted molar refractivity (Wildman–Crippen MR) is 203 cm³/mol. The van der Waals surface area contributed by atoms with Crippen molar-refractivity contribution in [3.8, 4) is 0 Å². The SMILES string of the molecule is CCCCCCCC/C=C\CCCCCCCC(=O)CC(CCCCC(=O)O)C(=O)CCCCCCC/C=C\CCCCCCCC. The van der Waals surface area contributed by atoms with E-state index in [0.717, 1.165) is 44.9 Å². The van der Waals surface area contributed by atoms with Gasteiger partial charge >= 0.3 is 5.97 Å². The Kier molecular flexibility index (Phi) is 35.8. The number of carboxylic acid groups (broad SMARTS) is 1. The number of unbranched alkanes of at least 4 members (excludes halogenated alkanes) is 23. The van der Waals surface area contributed by atoms with Gasteiger partial charge < -0.3 is 5.11 Å². The summed E-state index contributed by atoms with van der Waals surface area (Å²) in [5.41, 5.74) is 0. The van der Waals surface area contributed by atoms with Crippen LogP contribution in [0.15, 0.2) is 24.3 Å². The fraction of sp³-hybridized carbons (Fsp3) is 0.837. The molecule has 0 saturated carbocycles. The lowest BCUT2D eigenvalue weighted by Gasteiger charge is -2.15. The molecule has 47 heavy (non-hydrogen) atoms. The quantitative estimate of drug-likeness (QED) is 0.0529. The summed E-state index contributed by atoms with van der Waals surface area (Å²) >= 11 is 0. The number of carbonyl (C=O) groups is 3. The zero-order chi connectivity index (χ0) is 34.5. The number of ketones is 2. The van der Waals surface area contributed by atoms with Gasteiger partial charge in [0.05, 0.1) is 0 Å². The van der Waals surface area contributed by atoms with Crippen molar-refractivity contribution in [3.05, 3.63) is 24.3 Å². The molecule has 274 valence electrons. The van der Waals surface area contributed by atoms with Crippen LogP contribution in [-0.4, -0.2) is 22.6 Å². The van der Waals surface area contributed by atoms with Gasteiger partial charge in [0.1, 0.15) is 11.6 Å². The fourth-order valence-electron chi connectivity index (χ4n) is 6.39. The number of aliphatic carboxylic acids is 1. The summed E-state index contributed by atoms with van der Waals surface area (Å²) in [6.45, 7) is 4.53. The maximum Gasteiger partial charge on any atom is 0.303 e. The molecule has 0 spiro atoms. The number of carboxylic acids is 1. The largest absolute Gasteiger partial charge is 0.481 e. The molecule has 0 aliphatic carbocycles. The van der Waals surface area contributed by atoms with Crippen LogP contribution in [0.3, 0.4) is 0 Å². The highest BCUT2D eigenvalue weighted by atomic mass is 16.4. The second-order valence-electron chi connectivity index (χ2n) is 14.2. The Morgan fingerprint density at radius 1 is 0.447 bits per heavy atom. The van der Waals surface area contributed by atoms with Crippen molar-refractivity contribution >= 4 is 17.5 Å². The number of allylic oxidation sites excluding steroid dienone is 4. The van der Waals surface area contributed by atoms with E-state index < -0.39 is 5.97 Å².